The largest absolute Gasteiger partial charge is 0.394 e. The highest BCUT2D eigenvalue weighted by molar-refractivity contribution is 6.17. The Balaban J connectivity index is 2.82. The summed E-state index contributed by atoms with van der Waals surface area (Å²) in [5, 5.41) is 20.8. The third kappa shape index (κ3) is 3.70. The molecule has 1 aromatic carbocycles. The van der Waals surface area contributed by atoms with Gasteiger partial charge in [0.25, 0.3) is 5.91 Å². The van der Waals surface area contributed by atoms with E-state index >= 15 is 0 Å². The van der Waals surface area contributed by atoms with Gasteiger partial charge in [-0.25, -0.2) is 0 Å². The lowest BCUT2D eigenvalue weighted by Crippen LogP contribution is -2.51. The molecule has 0 fully saturated rings. The number of aliphatic hydroxyl groups excluding tert-OH is 2. The summed E-state index contributed by atoms with van der Waals surface area (Å²) in [5.74, 6) is -0.0131. The molecule has 1 aromatic rings. The minimum Gasteiger partial charge on any atom is -0.394 e. The van der Waals surface area contributed by atoms with Gasteiger partial charge in [0.1, 0.15) is 0 Å². The van der Waals surface area contributed by atoms with Crippen LogP contribution in [0.3, 0.4) is 0 Å². The van der Waals surface area contributed by atoms with E-state index in [0.717, 1.165) is 5.56 Å². The van der Waals surface area contributed by atoms with Gasteiger partial charge in [0.05, 0.1) is 18.8 Å². The lowest BCUT2D eigenvalue weighted by molar-refractivity contribution is 0.0724. The molecule has 94 valence electrons. The van der Waals surface area contributed by atoms with Crippen LogP contribution in [0.5, 0.6) is 0 Å². The molecule has 4 nitrogen and oxygen atoms in total. The molecule has 0 bridgehead atoms. The van der Waals surface area contributed by atoms with Gasteiger partial charge in [0, 0.05) is 11.4 Å². The zero-order chi connectivity index (χ0) is 12.9. The van der Waals surface area contributed by atoms with E-state index < -0.39 is 5.54 Å². The van der Waals surface area contributed by atoms with Gasteiger partial charge in [-0.2, -0.15) is 0 Å². The highest BCUT2D eigenvalue weighted by Crippen LogP contribution is 2.10. The van der Waals surface area contributed by atoms with E-state index in [2.05, 4.69) is 5.32 Å². The molecule has 1 amide bonds. The number of hydrogen-bond acceptors (Lipinski definition) is 3. The Morgan fingerprint density at radius 3 is 2.59 bits per heavy atom. The third-order valence-electron chi connectivity index (χ3n) is 2.46. The lowest BCUT2D eigenvalue weighted by atomic mass is 10.0. The molecule has 0 unspecified atom stereocenters. The van der Waals surface area contributed by atoms with Crippen molar-refractivity contribution in [2.24, 2.45) is 0 Å². The molecule has 0 aromatic heterocycles. The molecular weight excluding hydrogens is 242 g/mol. The first-order chi connectivity index (χ1) is 8.04. The number of carbonyl (C=O) groups excluding carboxylic acids is 1. The van der Waals surface area contributed by atoms with Crippen LogP contribution >= 0.6 is 11.6 Å². The van der Waals surface area contributed by atoms with Crippen LogP contribution in [0.2, 0.25) is 0 Å². The van der Waals surface area contributed by atoms with Crippen molar-refractivity contribution in [3.05, 3.63) is 35.4 Å². The summed E-state index contributed by atoms with van der Waals surface area (Å²) >= 11 is 5.68. The molecule has 0 aliphatic carbocycles. The Morgan fingerprint density at radius 1 is 1.41 bits per heavy atom. The summed E-state index contributed by atoms with van der Waals surface area (Å²) in [4.78, 5) is 11.9. The number of alkyl halides is 1. The number of nitrogens with one attached hydrogen (secondary N) is 1. The van der Waals surface area contributed by atoms with Crippen molar-refractivity contribution in [3.8, 4) is 0 Å². The van der Waals surface area contributed by atoms with Gasteiger partial charge in [0.2, 0.25) is 0 Å². The fourth-order valence-electron chi connectivity index (χ4n) is 1.27. The molecule has 17 heavy (non-hydrogen) atoms. The number of hydrogen-bond donors (Lipinski definition) is 3. The lowest BCUT2D eigenvalue weighted by Gasteiger charge is -2.26. The Labute approximate surface area is 105 Å². The number of benzene rings is 1. The molecule has 0 radical (unpaired) electrons. The van der Waals surface area contributed by atoms with E-state index in [0.29, 0.717) is 11.4 Å². The standard InChI is InChI=1S/C12H16ClNO3/c1-12(7-15,8-16)14-11(17)10-4-2-3-9(5-10)6-13/h2-5,15-16H,6-8H2,1H3,(H,14,17). The number of carbonyl (C=O) groups is 1. The molecule has 0 saturated heterocycles. The predicted octanol–water partition coefficient (Wildman–Crippen LogP) is 0.898. The fourth-order valence-corrected chi connectivity index (χ4v) is 1.44. The molecule has 0 saturated carbocycles. The van der Waals surface area contributed by atoms with E-state index in [1.807, 2.05) is 6.07 Å². The predicted molar refractivity (Wildman–Crippen MR) is 66.0 cm³/mol. The monoisotopic (exact) mass is 257 g/mol. The summed E-state index contributed by atoms with van der Waals surface area (Å²) in [7, 11) is 0. The first kappa shape index (κ1) is 14.0. The fraction of sp³-hybridized carbons (Fsp3) is 0.417. The molecule has 0 aliphatic heterocycles. The van der Waals surface area contributed by atoms with Crippen LogP contribution in [0.15, 0.2) is 24.3 Å². The summed E-state index contributed by atoms with van der Waals surface area (Å²) in [6.45, 7) is 0.908. The van der Waals surface area contributed by atoms with Crippen molar-refractivity contribution in [2.45, 2.75) is 18.3 Å². The third-order valence-corrected chi connectivity index (χ3v) is 2.77. The van der Waals surface area contributed by atoms with Gasteiger partial charge in [-0.1, -0.05) is 12.1 Å². The maximum Gasteiger partial charge on any atom is 0.251 e. The van der Waals surface area contributed by atoms with E-state index in [9.17, 15) is 4.79 Å². The molecule has 0 heterocycles. The minimum atomic E-state index is -1.02. The van der Waals surface area contributed by atoms with Crippen LogP contribution in [0, 0.1) is 0 Å². The first-order valence-electron chi connectivity index (χ1n) is 5.24. The van der Waals surface area contributed by atoms with E-state index in [4.69, 9.17) is 21.8 Å². The number of amides is 1. The van der Waals surface area contributed by atoms with Crippen molar-refractivity contribution in [1.29, 1.82) is 0 Å². The maximum atomic E-state index is 11.9. The van der Waals surface area contributed by atoms with Crippen LogP contribution in [-0.4, -0.2) is 34.9 Å². The van der Waals surface area contributed by atoms with Crippen molar-refractivity contribution in [2.75, 3.05) is 13.2 Å². The average molecular weight is 258 g/mol. The molecule has 3 N–H and O–H groups in total. The van der Waals surface area contributed by atoms with Crippen molar-refractivity contribution in [3.63, 3.8) is 0 Å². The van der Waals surface area contributed by atoms with E-state index in [-0.39, 0.29) is 19.1 Å². The quantitative estimate of drug-likeness (QED) is 0.687. The summed E-state index contributed by atoms with van der Waals surface area (Å²) in [6, 6.07) is 6.89. The van der Waals surface area contributed by atoms with Crippen LogP contribution in [0.1, 0.15) is 22.8 Å². The van der Waals surface area contributed by atoms with Crippen molar-refractivity contribution < 1.29 is 15.0 Å². The van der Waals surface area contributed by atoms with Crippen molar-refractivity contribution >= 4 is 17.5 Å². The summed E-state index contributed by atoms with van der Waals surface area (Å²) in [5.41, 5.74) is 0.277. The summed E-state index contributed by atoms with van der Waals surface area (Å²) in [6.07, 6.45) is 0. The van der Waals surface area contributed by atoms with E-state index in [1.54, 1.807) is 25.1 Å². The number of rotatable bonds is 5. The normalized spacial score (nSPS) is 11.3. The highest BCUT2D eigenvalue weighted by Gasteiger charge is 2.25. The smallest absolute Gasteiger partial charge is 0.251 e. The average Bonchev–Trinajstić information content (AvgIpc) is 2.38. The molecule has 5 heteroatoms. The van der Waals surface area contributed by atoms with Gasteiger partial charge in [-0.05, 0) is 24.6 Å². The zero-order valence-corrected chi connectivity index (χ0v) is 10.4. The molecule has 1 rings (SSSR count). The topological polar surface area (TPSA) is 69.6 Å². The Hall–Kier alpha value is -1.10. The molecule has 0 atom stereocenters. The second-order valence-corrected chi connectivity index (χ2v) is 4.43. The van der Waals surface area contributed by atoms with E-state index in [1.165, 1.54) is 0 Å². The van der Waals surface area contributed by atoms with Gasteiger partial charge >= 0.3 is 0 Å². The number of halogens is 1. The van der Waals surface area contributed by atoms with Crippen LogP contribution in [0.4, 0.5) is 0 Å². The number of aliphatic hydroxyl groups is 2. The Kier molecular flexibility index (Phi) is 4.93. The maximum absolute atomic E-state index is 11.9. The van der Waals surface area contributed by atoms with Gasteiger partial charge in [0.15, 0.2) is 0 Å². The van der Waals surface area contributed by atoms with Crippen LogP contribution in [0.25, 0.3) is 0 Å². The molecule has 0 aliphatic rings. The summed E-state index contributed by atoms with van der Waals surface area (Å²) < 4.78 is 0. The molecule has 0 spiro atoms. The van der Waals surface area contributed by atoms with Gasteiger partial charge in [-0.15, -0.1) is 11.6 Å². The molecular formula is C12H16ClNO3. The second kappa shape index (κ2) is 6.00. The van der Waals surface area contributed by atoms with Crippen LogP contribution in [-0.2, 0) is 5.88 Å². The van der Waals surface area contributed by atoms with Gasteiger partial charge < -0.3 is 15.5 Å². The van der Waals surface area contributed by atoms with Gasteiger partial charge in [-0.3, -0.25) is 4.79 Å². The minimum absolute atomic E-state index is 0.329. The Bertz CT molecular complexity index is 391. The SMILES string of the molecule is CC(CO)(CO)NC(=O)c1cccc(CCl)c1. The zero-order valence-electron chi connectivity index (χ0n) is 9.61. The second-order valence-electron chi connectivity index (χ2n) is 4.17. The van der Waals surface area contributed by atoms with Crippen LogP contribution < -0.4 is 5.32 Å². The van der Waals surface area contributed by atoms with Crippen molar-refractivity contribution in [1.82, 2.24) is 5.32 Å². The first-order valence-corrected chi connectivity index (χ1v) is 5.77. The Morgan fingerprint density at radius 2 is 2.06 bits per heavy atom. The highest BCUT2D eigenvalue weighted by atomic mass is 35.5.